The van der Waals surface area contributed by atoms with E-state index < -0.39 is 0 Å². The fraction of sp³-hybridized carbons (Fsp3) is 0.250. The molecule has 0 bridgehead atoms. The summed E-state index contributed by atoms with van der Waals surface area (Å²) in [6, 6.07) is 10.2. The van der Waals surface area contributed by atoms with E-state index in [-0.39, 0.29) is 11.9 Å². The third kappa shape index (κ3) is 4.19. The van der Waals surface area contributed by atoms with Crippen molar-refractivity contribution in [1.82, 2.24) is 5.32 Å². The molecule has 0 saturated heterocycles. The topological polar surface area (TPSA) is 12.0 Å². The van der Waals surface area contributed by atoms with Crippen molar-refractivity contribution in [3.8, 4) is 0 Å². The summed E-state index contributed by atoms with van der Waals surface area (Å²) in [7, 11) is 0. The Balaban J connectivity index is 2.35. The molecule has 1 nitrogen and oxygen atoms in total. The van der Waals surface area contributed by atoms with Crippen molar-refractivity contribution in [1.29, 1.82) is 0 Å². The smallest absolute Gasteiger partial charge is 0.123 e. The second kappa shape index (κ2) is 7.59. The van der Waals surface area contributed by atoms with Gasteiger partial charge in [-0.05, 0) is 48.4 Å². The van der Waals surface area contributed by atoms with Gasteiger partial charge in [0.25, 0.3) is 0 Å². The molecule has 0 aliphatic carbocycles. The number of halogens is 4. The molecule has 2 rings (SSSR count). The molecule has 0 amide bonds. The predicted molar refractivity (Wildman–Crippen MR) is 90.7 cm³/mol. The maximum atomic E-state index is 13.4. The zero-order chi connectivity index (χ0) is 15.4. The second-order valence-electron chi connectivity index (χ2n) is 4.69. The minimum Gasteiger partial charge on any atom is -0.310 e. The molecule has 1 atom stereocenters. The van der Waals surface area contributed by atoms with E-state index in [2.05, 4.69) is 21.2 Å². The van der Waals surface area contributed by atoms with E-state index in [9.17, 15) is 4.39 Å². The molecule has 112 valence electrons. The average molecular weight is 391 g/mol. The van der Waals surface area contributed by atoms with E-state index in [4.69, 9.17) is 23.2 Å². The quantitative estimate of drug-likeness (QED) is 0.681. The summed E-state index contributed by atoms with van der Waals surface area (Å²) >= 11 is 15.9. The number of hydrogen-bond donors (Lipinski definition) is 1. The monoisotopic (exact) mass is 389 g/mol. The van der Waals surface area contributed by atoms with Crippen molar-refractivity contribution < 1.29 is 4.39 Å². The van der Waals surface area contributed by atoms with Gasteiger partial charge in [0.2, 0.25) is 0 Å². The Kier molecular flexibility index (Phi) is 6.06. The number of nitrogens with one attached hydrogen (secondary N) is 1. The van der Waals surface area contributed by atoms with Crippen LogP contribution < -0.4 is 5.32 Å². The molecular weight excluding hydrogens is 376 g/mol. The number of likely N-dealkylation sites (N-methyl/N-ethyl adjacent to an activating group) is 1. The van der Waals surface area contributed by atoms with Crippen LogP contribution in [0, 0.1) is 5.82 Å². The van der Waals surface area contributed by atoms with Crippen LogP contribution in [0.1, 0.15) is 24.1 Å². The van der Waals surface area contributed by atoms with Crippen molar-refractivity contribution in [2.75, 3.05) is 6.54 Å². The predicted octanol–water partition coefficient (Wildman–Crippen LogP) is 5.79. The Labute approximate surface area is 142 Å². The summed E-state index contributed by atoms with van der Waals surface area (Å²) in [5.41, 5.74) is 1.80. The zero-order valence-corrected chi connectivity index (χ0v) is 14.6. The summed E-state index contributed by atoms with van der Waals surface area (Å²) in [5.74, 6) is -0.249. The lowest BCUT2D eigenvalue weighted by Crippen LogP contribution is -2.23. The number of hydrogen-bond acceptors (Lipinski definition) is 1. The first-order chi connectivity index (χ1) is 10.0. The lowest BCUT2D eigenvalue weighted by Gasteiger charge is -2.21. The van der Waals surface area contributed by atoms with E-state index in [0.717, 1.165) is 22.1 Å². The molecule has 0 saturated carbocycles. The van der Waals surface area contributed by atoms with Crippen molar-refractivity contribution in [2.24, 2.45) is 0 Å². The maximum absolute atomic E-state index is 13.4. The Hall–Kier alpha value is -0.610. The number of benzene rings is 2. The van der Waals surface area contributed by atoms with Crippen molar-refractivity contribution in [3.63, 3.8) is 0 Å². The van der Waals surface area contributed by atoms with Crippen molar-refractivity contribution in [3.05, 3.63) is 67.9 Å². The first-order valence-electron chi connectivity index (χ1n) is 6.64. The Morgan fingerprint density at radius 1 is 1.24 bits per heavy atom. The van der Waals surface area contributed by atoms with Gasteiger partial charge in [-0.3, -0.25) is 0 Å². The highest BCUT2D eigenvalue weighted by Gasteiger charge is 2.17. The van der Waals surface area contributed by atoms with Gasteiger partial charge in [-0.15, -0.1) is 0 Å². The summed E-state index contributed by atoms with van der Waals surface area (Å²) in [6.45, 7) is 2.80. The second-order valence-corrected chi connectivity index (χ2v) is 6.33. The molecule has 0 heterocycles. The standard InChI is InChI=1S/C16H15BrCl2FN/c1-2-21-15(12-4-3-5-14(18)16(12)19)9-10-8-11(20)6-7-13(10)17/h3-8,15,21H,2,9H2,1H3. The summed E-state index contributed by atoms with van der Waals surface area (Å²) in [6.07, 6.45) is 0.617. The van der Waals surface area contributed by atoms with Gasteiger partial charge in [-0.2, -0.15) is 0 Å². The van der Waals surface area contributed by atoms with Gasteiger partial charge in [0.1, 0.15) is 5.82 Å². The van der Waals surface area contributed by atoms with E-state index in [1.54, 1.807) is 12.1 Å². The molecule has 5 heteroatoms. The van der Waals surface area contributed by atoms with Gasteiger partial charge in [0.15, 0.2) is 0 Å². The van der Waals surface area contributed by atoms with Crippen LogP contribution >= 0.6 is 39.1 Å². The Morgan fingerprint density at radius 2 is 2.00 bits per heavy atom. The van der Waals surface area contributed by atoms with Gasteiger partial charge in [0, 0.05) is 10.5 Å². The van der Waals surface area contributed by atoms with Crippen LogP contribution in [0.25, 0.3) is 0 Å². The molecule has 0 aliphatic heterocycles. The van der Waals surface area contributed by atoms with Crippen molar-refractivity contribution in [2.45, 2.75) is 19.4 Å². The van der Waals surface area contributed by atoms with E-state index in [0.29, 0.717) is 16.5 Å². The minimum atomic E-state index is -0.249. The van der Waals surface area contributed by atoms with E-state index in [1.165, 1.54) is 12.1 Å². The SMILES string of the molecule is CCNC(Cc1cc(F)ccc1Br)c1cccc(Cl)c1Cl. The molecular formula is C16H15BrCl2FN. The molecule has 0 aromatic heterocycles. The van der Waals surface area contributed by atoms with Gasteiger partial charge in [0.05, 0.1) is 10.0 Å². The molecule has 1 N–H and O–H groups in total. The first kappa shape index (κ1) is 16.8. The van der Waals surface area contributed by atoms with Gasteiger partial charge >= 0.3 is 0 Å². The Bertz CT molecular complexity index is 634. The third-order valence-electron chi connectivity index (χ3n) is 3.24. The van der Waals surface area contributed by atoms with Crippen LogP contribution in [0.3, 0.4) is 0 Å². The van der Waals surface area contributed by atoms with Crippen molar-refractivity contribution >= 4 is 39.1 Å². The molecule has 21 heavy (non-hydrogen) atoms. The lowest BCUT2D eigenvalue weighted by molar-refractivity contribution is 0.546. The van der Waals surface area contributed by atoms with Gasteiger partial charge in [-0.1, -0.05) is 58.2 Å². The molecule has 1 unspecified atom stereocenters. The van der Waals surface area contributed by atoms with Gasteiger partial charge in [-0.25, -0.2) is 4.39 Å². The minimum absolute atomic E-state index is 0.0284. The first-order valence-corrected chi connectivity index (χ1v) is 8.19. The Morgan fingerprint density at radius 3 is 2.71 bits per heavy atom. The normalized spacial score (nSPS) is 12.4. The van der Waals surface area contributed by atoms with Crippen LogP contribution in [-0.2, 0) is 6.42 Å². The van der Waals surface area contributed by atoms with E-state index >= 15 is 0 Å². The maximum Gasteiger partial charge on any atom is 0.123 e. The van der Waals surface area contributed by atoms with Crippen LogP contribution in [0.4, 0.5) is 4.39 Å². The van der Waals surface area contributed by atoms with Crippen LogP contribution in [0.2, 0.25) is 10.0 Å². The fourth-order valence-electron chi connectivity index (χ4n) is 2.25. The molecule has 2 aromatic carbocycles. The van der Waals surface area contributed by atoms with E-state index in [1.807, 2.05) is 19.1 Å². The third-order valence-corrected chi connectivity index (χ3v) is 4.85. The molecule has 2 aromatic rings. The van der Waals surface area contributed by atoms with Crippen LogP contribution in [0.15, 0.2) is 40.9 Å². The molecule has 0 fully saturated rings. The van der Waals surface area contributed by atoms with Crippen LogP contribution in [0.5, 0.6) is 0 Å². The zero-order valence-electron chi connectivity index (χ0n) is 11.5. The summed E-state index contributed by atoms with van der Waals surface area (Å²) < 4.78 is 14.3. The molecule has 0 aliphatic rings. The van der Waals surface area contributed by atoms with Crippen LogP contribution in [-0.4, -0.2) is 6.54 Å². The highest BCUT2D eigenvalue weighted by Crippen LogP contribution is 2.32. The summed E-state index contributed by atoms with van der Waals surface area (Å²) in [5, 5.41) is 4.44. The lowest BCUT2D eigenvalue weighted by atomic mass is 9.98. The number of rotatable bonds is 5. The fourth-order valence-corrected chi connectivity index (χ4v) is 3.10. The highest BCUT2D eigenvalue weighted by atomic mass is 79.9. The van der Waals surface area contributed by atoms with Gasteiger partial charge < -0.3 is 5.32 Å². The molecule has 0 spiro atoms. The highest BCUT2D eigenvalue weighted by molar-refractivity contribution is 9.10. The average Bonchev–Trinajstić information content (AvgIpc) is 2.45. The largest absolute Gasteiger partial charge is 0.310 e. The summed E-state index contributed by atoms with van der Waals surface area (Å²) in [4.78, 5) is 0. The molecule has 0 radical (unpaired) electrons.